The SMILES string of the molecule is COC(=O)CCS(=O)(=O)CC(O)Cc1cccc(C2CCCC2)c1OCc1ccccc1. The number of ether oxygens (including phenoxy) is 2. The van der Waals surface area contributed by atoms with E-state index in [1.54, 1.807) is 0 Å². The second-order valence-electron chi connectivity index (χ2n) is 8.39. The summed E-state index contributed by atoms with van der Waals surface area (Å²) in [5, 5.41) is 10.6. The number of para-hydroxylation sites is 1. The van der Waals surface area contributed by atoms with Crippen LogP contribution in [0.5, 0.6) is 5.75 Å². The minimum absolute atomic E-state index is 0.169. The summed E-state index contributed by atoms with van der Waals surface area (Å²) in [6.07, 6.45) is 3.46. The maximum Gasteiger partial charge on any atom is 0.306 e. The molecule has 0 saturated heterocycles. The number of esters is 1. The third-order valence-corrected chi connectivity index (χ3v) is 7.61. The van der Waals surface area contributed by atoms with Gasteiger partial charge in [0.15, 0.2) is 9.84 Å². The molecule has 1 fully saturated rings. The number of aliphatic hydroxyl groups excluding tert-OH is 1. The van der Waals surface area contributed by atoms with Gasteiger partial charge in [0.05, 0.1) is 31.1 Å². The summed E-state index contributed by atoms with van der Waals surface area (Å²) in [7, 11) is -2.37. The Morgan fingerprint density at radius 2 is 1.81 bits per heavy atom. The van der Waals surface area contributed by atoms with Crippen molar-refractivity contribution >= 4 is 15.8 Å². The summed E-state index contributed by atoms with van der Waals surface area (Å²) >= 11 is 0. The van der Waals surface area contributed by atoms with E-state index in [0.717, 1.165) is 35.3 Å². The largest absolute Gasteiger partial charge is 0.488 e. The van der Waals surface area contributed by atoms with Crippen LogP contribution >= 0.6 is 0 Å². The molecule has 1 saturated carbocycles. The highest BCUT2D eigenvalue weighted by Gasteiger charge is 2.25. The fourth-order valence-electron chi connectivity index (χ4n) is 4.26. The highest BCUT2D eigenvalue weighted by Crippen LogP contribution is 2.40. The number of aliphatic hydroxyl groups is 1. The second kappa shape index (κ2) is 11.5. The molecule has 0 aromatic heterocycles. The highest BCUT2D eigenvalue weighted by atomic mass is 32.2. The molecule has 1 atom stereocenters. The van der Waals surface area contributed by atoms with Crippen LogP contribution in [-0.2, 0) is 32.4 Å². The van der Waals surface area contributed by atoms with Gasteiger partial charge < -0.3 is 14.6 Å². The van der Waals surface area contributed by atoms with E-state index in [1.807, 2.05) is 42.5 Å². The molecule has 1 aliphatic rings. The van der Waals surface area contributed by atoms with Crippen LogP contribution in [0, 0.1) is 0 Å². The van der Waals surface area contributed by atoms with Crippen molar-refractivity contribution in [3.8, 4) is 5.75 Å². The smallest absolute Gasteiger partial charge is 0.306 e. The first-order valence-corrected chi connectivity index (χ1v) is 12.9. The minimum Gasteiger partial charge on any atom is -0.488 e. The number of carbonyl (C=O) groups excluding carboxylic acids is 1. The molecule has 0 aliphatic heterocycles. The first-order chi connectivity index (χ1) is 15.4. The van der Waals surface area contributed by atoms with E-state index in [-0.39, 0.29) is 18.6 Å². The number of carbonyl (C=O) groups is 1. The molecule has 2 aromatic carbocycles. The molecule has 0 radical (unpaired) electrons. The fraction of sp³-hybridized carbons (Fsp3) is 0.480. The normalized spacial score (nSPS) is 15.4. The maximum absolute atomic E-state index is 12.3. The van der Waals surface area contributed by atoms with E-state index in [9.17, 15) is 18.3 Å². The number of benzene rings is 2. The standard InChI is InChI=1S/C25H32O6S/c1-30-24(27)14-15-32(28,29)18-22(26)16-21-12-7-13-23(20-10-5-6-11-20)25(21)31-17-19-8-3-2-4-9-19/h2-4,7-9,12-13,20,22,26H,5-6,10-11,14-18H2,1H3. The molecule has 3 rings (SSSR count). The highest BCUT2D eigenvalue weighted by molar-refractivity contribution is 7.91. The Labute approximate surface area is 190 Å². The molecule has 0 bridgehead atoms. The van der Waals surface area contributed by atoms with Crippen molar-refractivity contribution in [1.82, 2.24) is 0 Å². The molecule has 1 aliphatic carbocycles. The first kappa shape index (κ1) is 24.3. The lowest BCUT2D eigenvalue weighted by molar-refractivity contribution is -0.140. The van der Waals surface area contributed by atoms with Gasteiger partial charge in [-0.1, -0.05) is 61.4 Å². The fourth-order valence-corrected chi connectivity index (χ4v) is 5.61. The molecule has 0 amide bonds. The molecule has 7 heteroatoms. The van der Waals surface area contributed by atoms with Crippen LogP contribution in [0.15, 0.2) is 48.5 Å². The summed E-state index contributed by atoms with van der Waals surface area (Å²) in [6.45, 7) is 0.408. The van der Waals surface area contributed by atoms with Crippen LogP contribution in [0.3, 0.4) is 0 Å². The van der Waals surface area contributed by atoms with E-state index in [2.05, 4.69) is 10.8 Å². The van der Waals surface area contributed by atoms with Gasteiger partial charge in [0.1, 0.15) is 12.4 Å². The van der Waals surface area contributed by atoms with E-state index in [0.29, 0.717) is 12.5 Å². The molecular formula is C25H32O6S. The van der Waals surface area contributed by atoms with Gasteiger partial charge in [-0.3, -0.25) is 4.79 Å². The van der Waals surface area contributed by atoms with Crippen LogP contribution in [0.25, 0.3) is 0 Å². The zero-order valence-electron chi connectivity index (χ0n) is 18.5. The third-order valence-electron chi connectivity index (χ3n) is 5.89. The Kier molecular flexibility index (Phi) is 8.70. The summed E-state index contributed by atoms with van der Waals surface area (Å²) in [5.41, 5.74) is 2.99. The quantitative estimate of drug-likeness (QED) is 0.513. The second-order valence-corrected chi connectivity index (χ2v) is 10.6. The van der Waals surface area contributed by atoms with E-state index >= 15 is 0 Å². The van der Waals surface area contributed by atoms with E-state index in [1.165, 1.54) is 20.0 Å². The van der Waals surface area contributed by atoms with Gasteiger partial charge in [-0.05, 0) is 35.4 Å². The minimum atomic E-state index is -3.59. The third kappa shape index (κ3) is 7.07. The Balaban J connectivity index is 1.75. The van der Waals surface area contributed by atoms with Crippen molar-refractivity contribution in [3.05, 3.63) is 65.2 Å². The Hall–Kier alpha value is -2.38. The predicted octanol–water partition coefficient (Wildman–Crippen LogP) is 3.80. The molecule has 1 unspecified atom stereocenters. The Bertz CT molecular complexity index is 981. The lowest BCUT2D eigenvalue weighted by Crippen LogP contribution is -2.26. The van der Waals surface area contributed by atoms with Gasteiger partial charge in [0.25, 0.3) is 0 Å². The van der Waals surface area contributed by atoms with Gasteiger partial charge in [0, 0.05) is 6.42 Å². The maximum atomic E-state index is 12.3. The summed E-state index contributed by atoms with van der Waals surface area (Å²) in [6, 6.07) is 15.8. The topological polar surface area (TPSA) is 89.9 Å². The van der Waals surface area contributed by atoms with Crippen LogP contribution in [0.4, 0.5) is 0 Å². The van der Waals surface area contributed by atoms with Crippen molar-refractivity contribution < 1.29 is 27.8 Å². The summed E-state index contributed by atoms with van der Waals surface area (Å²) < 4.78 is 35.4. The molecule has 2 aromatic rings. The van der Waals surface area contributed by atoms with Crippen molar-refractivity contribution in [3.63, 3.8) is 0 Å². The molecule has 6 nitrogen and oxygen atoms in total. The Morgan fingerprint density at radius 1 is 1.09 bits per heavy atom. The molecule has 1 N–H and O–H groups in total. The lowest BCUT2D eigenvalue weighted by Gasteiger charge is -2.21. The van der Waals surface area contributed by atoms with Crippen LogP contribution in [0.1, 0.15) is 54.7 Å². The average molecular weight is 461 g/mol. The van der Waals surface area contributed by atoms with Gasteiger partial charge in [-0.25, -0.2) is 8.42 Å². The number of hydrogen-bond acceptors (Lipinski definition) is 6. The number of sulfone groups is 1. The van der Waals surface area contributed by atoms with E-state index < -0.39 is 27.7 Å². The Morgan fingerprint density at radius 3 is 2.50 bits per heavy atom. The summed E-state index contributed by atoms with van der Waals surface area (Å²) in [4.78, 5) is 11.3. The van der Waals surface area contributed by atoms with Gasteiger partial charge >= 0.3 is 5.97 Å². The van der Waals surface area contributed by atoms with Crippen LogP contribution < -0.4 is 4.74 Å². The van der Waals surface area contributed by atoms with Gasteiger partial charge in [0.2, 0.25) is 0 Å². The van der Waals surface area contributed by atoms with E-state index in [4.69, 9.17) is 4.74 Å². The number of methoxy groups -OCH3 is 1. The van der Waals surface area contributed by atoms with Crippen molar-refractivity contribution in [2.75, 3.05) is 18.6 Å². The zero-order valence-corrected chi connectivity index (χ0v) is 19.4. The molecular weight excluding hydrogens is 428 g/mol. The monoisotopic (exact) mass is 460 g/mol. The molecule has 174 valence electrons. The number of rotatable bonds is 11. The van der Waals surface area contributed by atoms with Crippen LogP contribution in [0.2, 0.25) is 0 Å². The number of hydrogen-bond donors (Lipinski definition) is 1. The zero-order chi connectivity index (χ0) is 23.0. The van der Waals surface area contributed by atoms with Crippen molar-refractivity contribution in [2.24, 2.45) is 0 Å². The predicted molar refractivity (Wildman–Crippen MR) is 123 cm³/mol. The lowest BCUT2D eigenvalue weighted by atomic mass is 9.93. The van der Waals surface area contributed by atoms with Gasteiger partial charge in [-0.2, -0.15) is 0 Å². The first-order valence-electron chi connectivity index (χ1n) is 11.1. The molecule has 0 heterocycles. The van der Waals surface area contributed by atoms with Crippen molar-refractivity contribution in [1.29, 1.82) is 0 Å². The average Bonchev–Trinajstić information content (AvgIpc) is 3.31. The summed E-state index contributed by atoms with van der Waals surface area (Å²) in [5.74, 6) is -0.147. The van der Waals surface area contributed by atoms with Gasteiger partial charge in [-0.15, -0.1) is 0 Å². The molecule has 32 heavy (non-hydrogen) atoms. The molecule has 0 spiro atoms. The van der Waals surface area contributed by atoms with Crippen molar-refractivity contribution in [2.45, 2.75) is 57.2 Å². The van der Waals surface area contributed by atoms with Crippen LogP contribution in [-0.4, -0.2) is 44.2 Å².